The molecule has 0 amide bonds. The third-order valence-corrected chi connectivity index (χ3v) is 3.37. The molecule has 2 rings (SSSR count). The van der Waals surface area contributed by atoms with Crippen LogP contribution >= 0.6 is 22.6 Å². The molecule has 0 aliphatic rings. The van der Waals surface area contributed by atoms with E-state index in [9.17, 15) is 4.79 Å². The summed E-state index contributed by atoms with van der Waals surface area (Å²) in [4.78, 5) is 15.2. The number of rotatable bonds is 5. The summed E-state index contributed by atoms with van der Waals surface area (Å²) in [5, 5.41) is 9.04. The Hall–Kier alpha value is -1.83. The zero-order valence-electron chi connectivity index (χ0n) is 11.5. The Morgan fingerprint density at radius 1 is 1.29 bits per heavy atom. The topological polar surface area (TPSA) is 68.7 Å². The summed E-state index contributed by atoms with van der Waals surface area (Å²) in [6, 6.07) is 8.20. The van der Waals surface area contributed by atoms with E-state index in [1.165, 1.54) is 12.1 Å². The summed E-state index contributed by atoms with van der Waals surface area (Å²) in [6.07, 6.45) is 1.58. The highest BCUT2D eigenvalue weighted by molar-refractivity contribution is 14.1. The molecule has 0 aliphatic carbocycles. The summed E-state index contributed by atoms with van der Waals surface area (Å²) >= 11 is 2.08. The monoisotopic (exact) mass is 399 g/mol. The molecule has 0 saturated heterocycles. The van der Waals surface area contributed by atoms with E-state index < -0.39 is 5.97 Å². The first kappa shape index (κ1) is 15.6. The second-order valence-corrected chi connectivity index (χ2v) is 5.69. The molecule has 1 aromatic heterocycles. The lowest BCUT2D eigenvalue weighted by Gasteiger charge is -2.14. The number of carboxylic acid groups (broad SMARTS) is 1. The van der Waals surface area contributed by atoms with Crippen molar-refractivity contribution in [2.45, 2.75) is 20.0 Å². The molecule has 6 heteroatoms. The number of benzene rings is 1. The Kier molecular flexibility index (Phi) is 5.00. The summed E-state index contributed by atoms with van der Waals surface area (Å²) in [7, 11) is 0. The Morgan fingerprint density at radius 3 is 2.71 bits per heavy atom. The number of hydrogen-bond donors (Lipinski definition) is 1. The number of carbonyl (C=O) groups is 1. The zero-order valence-corrected chi connectivity index (χ0v) is 13.7. The highest BCUT2D eigenvalue weighted by atomic mass is 127. The van der Waals surface area contributed by atoms with E-state index in [2.05, 4.69) is 27.6 Å². The maximum Gasteiger partial charge on any atom is 0.335 e. The van der Waals surface area contributed by atoms with Crippen LogP contribution in [0.2, 0.25) is 0 Å². The molecular weight excluding hydrogens is 385 g/mol. The Morgan fingerprint density at radius 2 is 2.05 bits per heavy atom. The number of hydrogen-bond acceptors (Lipinski definition) is 4. The van der Waals surface area contributed by atoms with E-state index in [1.807, 2.05) is 13.8 Å². The van der Waals surface area contributed by atoms with Crippen molar-refractivity contribution in [3.05, 3.63) is 45.7 Å². The van der Waals surface area contributed by atoms with Gasteiger partial charge in [0, 0.05) is 6.20 Å². The molecule has 5 nitrogen and oxygen atoms in total. The molecule has 2 aromatic rings. The van der Waals surface area contributed by atoms with Crippen LogP contribution in [0.15, 0.2) is 36.5 Å². The highest BCUT2D eigenvalue weighted by Gasteiger charge is 2.13. The van der Waals surface area contributed by atoms with E-state index in [0.29, 0.717) is 17.4 Å². The smallest absolute Gasteiger partial charge is 0.335 e. The van der Waals surface area contributed by atoms with Gasteiger partial charge in [0.1, 0.15) is 5.75 Å². The van der Waals surface area contributed by atoms with E-state index in [1.54, 1.807) is 24.4 Å². The fourth-order valence-electron chi connectivity index (χ4n) is 1.62. The molecular formula is C15H14INO4. The zero-order chi connectivity index (χ0) is 15.4. The van der Waals surface area contributed by atoms with Gasteiger partial charge in [0.15, 0.2) is 5.75 Å². The van der Waals surface area contributed by atoms with Crippen molar-refractivity contribution < 1.29 is 19.4 Å². The molecule has 21 heavy (non-hydrogen) atoms. The molecule has 0 atom stereocenters. The van der Waals surface area contributed by atoms with Crippen molar-refractivity contribution in [2.24, 2.45) is 0 Å². The van der Waals surface area contributed by atoms with Gasteiger partial charge in [-0.3, -0.25) is 0 Å². The third-order valence-electron chi connectivity index (χ3n) is 2.48. The standard InChI is InChI=1S/C15H14INO4/c1-9(2)20-12-4-3-7-17-14(12)21-13-8-10(15(18)19)5-6-11(13)16/h3-9H,1-2H3,(H,18,19). The molecule has 0 aliphatic heterocycles. The Labute approximate surface area is 136 Å². The first-order chi connectivity index (χ1) is 9.97. The third kappa shape index (κ3) is 4.07. The van der Waals surface area contributed by atoms with Crippen LogP contribution in [0.3, 0.4) is 0 Å². The molecule has 110 valence electrons. The lowest BCUT2D eigenvalue weighted by atomic mass is 10.2. The van der Waals surface area contributed by atoms with Crippen LogP contribution in [-0.2, 0) is 0 Å². The van der Waals surface area contributed by atoms with Crippen LogP contribution in [0.5, 0.6) is 17.4 Å². The predicted molar refractivity (Wildman–Crippen MR) is 86.2 cm³/mol. The van der Waals surface area contributed by atoms with Crippen molar-refractivity contribution >= 4 is 28.6 Å². The summed E-state index contributed by atoms with van der Waals surface area (Å²) in [5.41, 5.74) is 0.160. The predicted octanol–water partition coefficient (Wildman–Crippen LogP) is 3.96. The van der Waals surface area contributed by atoms with Crippen LogP contribution in [0, 0.1) is 3.57 Å². The fourth-order valence-corrected chi connectivity index (χ4v) is 2.06. The Bertz CT molecular complexity index is 658. The number of pyridine rings is 1. The van der Waals surface area contributed by atoms with Crippen molar-refractivity contribution in [3.8, 4) is 17.4 Å². The normalized spacial score (nSPS) is 10.5. The molecule has 0 saturated carbocycles. The van der Waals surface area contributed by atoms with Crippen LogP contribution in [-0.4, -0.2) is 22.2 Å². The van der Waals surface area contributed by atoms with E-state index >= 15 is 0 Å². The average Bonchev–Trinajstić information content (AvgIpc) is 2.42. The molecule has 1 aromatic carbocycles. The van der Waals surface area contributed by atoms with Crippen LogP contribution < -0.4 is 9.47 Å². The number of nitrogens with zero attached hydrogens (tertiary/aromatic N) is 1. The quantitative estimate of drug-likeness (QED) is 0.771. The number of ether oxygens (including phenoxy) is 2. The van der Waals surface area contributed by atoms with E-state index in [-0.39, 0.29) is 11.7 Å². The first-order valence-electron chi connectivity index (χ1n) is 6.29. The van der Waals surface area contributed by atoms with Crippen molar-refractivity contribution in [1.82, 2.24) is 4.98 Å². The van der Waals surface area contributed by atoms with Gasteiger partial charge in [0.2, 0.25) is 0 Å². The van der Waals surface area contributed by atoms with E-state index in [4.69, 9.17) is 14.6 Å². The second kappa shape index (κ2) is 6.75. The maximum atomic E-state index is 11.0. The minimum absolute atomic E-state index is 0.0130. The van der Waals surface area contributed by atoms with Gasteiger partial charge in [-0.1, -0.05) is 0 Å². The van der Waals surface area contributed by atoms with Gasteiger partial charge < -0.3 is 14.6 Å². The largest absolute Gasteiger partial charge is 0.485 e. The van der Waals surface area contributed by atoms with Gasteiger partial charge in [-0.05, 0) is 66.8 Å². The van der Waals surface area contributed by atoms with E-state index in [0.717, 1.165) is 3.57 Å². The van der Waals surface area contributed by atoms with Gasteiger partial charge in [0.05, 0.1) is 15.2 Å². The molecule has 1 heterocycles. The van der Waals surface area contributed by atoms with Crippen LogP contribution in [0.4, 0.5) is 0 Å². The van der Waals surface area contributed by atoms with Gasteiger partial charge in [-0.2, -0.15) is 0 Å². The Balaban J connectivity index is 2.34. The molecule has 0 spiro atoms. The fraction of sp³-hybridized carbons (Fsp3) is 0.200. The molecule has 0 radical (unpaired) electrons. The number of halogens is 1. The van der Waals surface area contributed by atoms with Crippen molar-refractivity contribution in [2.75, 3.05) is 0 Å². The lowest BCUT2D eigenvalue weighted by molar-refractivity contribution is 0.0696. The maximum absolute atomic E-state index is 11.0. The summed E-state index contributed by atoms with van der Waals surface area (Å²) in [6.45, 7) is 3.82. The summed E-state index contributed by atoms with van der Waals surface area (Å²) < 4.78 is 12.1. The number of carboxylic acids is 1. The van der Waals surface area contributed by atoms with Gasteiger partial charge in [-0.25, -0.2) is 9.78 Å². The highest BCUT2D eigenvalue weighted by Crippen LogP contribution is 2.32. The minimum atomic E-state index is -1.00. The first-order valence-corrected chi connectivity index (χ1v) is 7.37. The number of aromatic nitrogens is 1. The number of aromatic carboxylic acids is 1. The van der Waals surface area contributed by atoms with Crippen LogP contribution in [0.1, 0.15) is 24.2 Å². The molecule has 0 fully saturated rings. The lowest BCUT2D eigenvalue weighted by Crippen LogP contribution is -2.07. The van der Waals surface area contributed by atoms with Crippen LogP contribution in [0.25, 0.3) is 0 Å². The van der Waals surface area contributed by atoms with Crippen molar-refractivity contribution in [3.63, 3.8) is 0 Å². The molecule has 0 unspecified atom stereocenters. The second-order valence-electron chi connectivity index (χ2n) is 4.53. The summed E-state index contributed by atoms with van der Waals surface area (Å²) in [5.74, 6) is 0.259. The average molecular weight is 399 g/mol. The van der Waals surface area contributed by atoms with Gasteiger partial charge in [-0.15, -0.1) is 0 Å². The van der Waals surface area contributed by atoms with Crippen molar-refractivity contribution in [1.29, 1.82) is 0 Å². The minimum Gasteiger partial charge on any atom is -0.485 e. The molecule has 0 bridgehead atoms. The molecule has 1 N–H and O–H groups in total. The van der Waals surface area contributed by atoms with Gasteiger partial charge in [0.25, 0.3) is 5.88 Å². The van der Waals surface area contributed by atoms with Gasteiger partial charge >= 0.3 is 5.97 Å². The SMILES string of the molecule is CC(C)Oc1cccnc1Oc1cc(C(=O)O)ccc1I.